The molecule has 0 radical (unpaired) electrons. The first-order valence-electron chi connectivity index (χ1n) is 5.74. The fraction of sp³-hybridized carbons (Fsp3) is 0.667. The number of aromatic nitrogens is 2. The molecule has 1 saturated carbocycles. The van der Waals surface area contributed by atoms with Crippen LogP contribution in [0.4, 0.5) is 5.82 Å². The van der Waals surface area contributed by atoms with Gasteiger partial charge in [-0.05, 0) is 26.2 Å². The van der Waals surface area contributed by atoms with Crippen LogP contribution in [0.15, 0.2) is 6.07 Å². The Labute approximate surface area is 91.3 Å². The molecule has 1 aliphatic rings. The summed E-state index contributed by atoms with van der Waals surface area (Å²) in [6, 6.07) is 2.02. The van der Waals surface area contributed by atoms with Gasteiger partial charge in [-0.15, -0.1) is 0 Å². The Morgan fingerprint density at radius 3 is 2.73 bits per heavy atom. The van der Waals surface area contributed by atoms with Crippen LogP contribution in [0, 0.1) is 6.92 Å². The molecule has 0 unspecified atom stereocenters. The van der Waals surface area contributed by atoms with Crippen LogP contribution in [-0.2, 0) is 5.41 Å². The van der Waals surface area contributed by atoms with Crippen molar-refractivity contribution in [3.8, 4) is 0 Å². The van der Waals surface area contributed by atoms with Gasteiger partial charge in [0.1, 0.15) is 11.6 Å². The van der Waals surface area contributed by atoms with Gasteiger partial charge in [-0.1, -0.05) is 13.8 Å². The van der Waals surface area contributed by atoms with Gasteiger partial charge in [0.25, 0.3) is 0 Å². The molecule has 3 heteroatoms. The minimum absolute atomic E-state index is 0.259. The van der Waals surface area contributed by atoms with Gasteiger partial charge >= 0.3 is 0 Å². The van der Waals surface area contributed by atoms with E-state index in [-0.39, 0.29) is 5.41 Å². The summed E-state index contributed by atoms with van der Waals surface area (Å²) in [6.07, 6.45) is 3.57. The van der Waals surface area contributed by atoms with E-state index in [1.807, 2.05) is 13.0 Å². The number of nitrogens with zero attached hydrogens (tertiary/aromatic N) is 2. The molecule has 1 aliphatic carbocycles. The number of nitrogens with one attached hydrogen (secondary N) is 1. The Balaban J connectivity index is 2.21. The van der Waals surface area contributed by atoms with E-state index in [9.17, 15) is 0 Å². The number of aryl methyl sites for hydroxylation is 1. The lowest BCUT2D eigenvalue weighted by molar-refractivity contribution is 0.703. The highest BCUT2D eigenvalue weighted by Crippen LogP contribution is 2.46. The van der Waals surface area contributed by atoms with Crippen molar-refractivity contribution in [2.24, 2.45) is 0 Å². The van der Waals surface area contributed by atoms with Gasteiger partial charge in [0.15, 0.2) is 0 Å². The average molecular weight is 205 g/mol. The molecule has 1 N–H and O–H groups in total. The van der Waals surface area contributed by atoms with Gasteiger partial charge in [0, 0.05) is 23.7 Å². The average Bonchev–Trinajstić information content (AvgIpc) is 2.94. The molecule has 1 aromatic rings. The molecule has 0 amide bonds. The van der Waals surface area contributed by atoms with Crippen molar-refractivity contribution in [2.45, 2.75) is 45.4 Å². The first-order chi connectivity index (χ1) is 7.14. The molecule has 2 rings (SSSR count). The van der Waals surface area contributed by atoms with Crippen LogP contribution < -0.4 is 5.32 Å². The van der Waals surface area contributed by atoms with Gasteiger partial charge in [-0.25, -0.2) is 9.97 Å². The predicted molar refractivity (Wildman–Crippen MR) is 62.1 cm³/mol. The topological polar surface area (TPSA) is 37.8 Å². The Kier molecular flexibility index (Phi) is 2.63. The molecular formula is C12H19N3. The molecule has 0 saturated heterocycles. The van der Waals surface area contributed by atoms with Crippen molar-refractivity contribution in [3.05, 3.63) is 17.6 Å². The van der Waals surface area contributed by atoms with Crippen LogP contribution in [0.2, 0.25) is 0 Å². The van der Waals surface area contributed by atoms with Gasteiger partial charge in [-0.2, -0.15) is 0 Å². The summed E-state index contributed by atoms with van der Waals surface area (Å²) in [7, 11) is 0. The third kappa shape index (κ3) is 2.28. The van der Waals surface area contributed by atoms with Gasteiger partial charge < -0.3 is 5.32 Å². The molecule has 0 atom stereocenters. The molecule has 0 aliphatic heterocycles. The van der Waals surface area contributed by atoms with Crippen LogP contribution in [0.25, 0.3) is 0 Å². The molecule has 1 aromatic heterocycles. The Hall–Kier alpha value is -1.12. The molecule has 1 fully saturated rings. The monoisotopic (exact) mass is 205 g/mol. The summed E-state index contributed by atoms with van der Waals surface area (Å²) in [5.41, 5.74) is 1.32. The number of rotatable bonds is 4. The van der Waals surface area contributed by atoms with Crippen LogP contribution in [-0.4, -0.2) is 16.5 Å². The molecule has 1 heterocycles. The number of hydrogen-bond donors (Lipinski definition) is 1. The van der Waals surface area contributed by atoms with E-state index in [2.05, 4.69) is 29.1 Å². The fourth-order valence-electron chi connectivity index (χ4n) is 1.59. The van der Waals surface area contributed by atoms with Gasteiger partial charge in [0.2, 0.25) is 0 Å². The lowest BCUT2D eigenvalue weighted by Gasteiger charge is -2.11. The molecule has 0 bridgehead atoms. The summed E-state index contributed by atoms with van der Waals surface area (Å²) in [5, 5.41) is 3.32. The third-order valence-electron chi connectivity index (χ3n) is 2.95. The quantitative estimate of drug-likeness (QED) is 0.821. The minimum atomic E-state index is 0.259. The highest BCUT2D eigenvalue weighted by atomic mass is 15.0. The molecular weight excluding hydrogens is 186 g/mol. The van der Waals surface area contributed by atoms with Gasteiger partial charge in [-0.3, -0.25) is 0 Å². The van der Waals surface area contributed by atoms with Crippen molar-refractivity contribution < 1.29 is 0 Å². The highest BCUT2D eigenvalue weighted by Gasteiger charge is 2.42. The summed E-state index contributed by atoms with van der Waals surface area (Å²) in [5.74, 6) is 1.99. The number of anilines is 1. The van der Waals surface area contributed by atoms with Gasteiger partial charge in [0.05, 0.1) is 0 Å². The maximum Gasteiger partial charge on any atom is 0.136 e. The van der Waals surface area contributed by atoms with E-state index in [1.54, 1.807) is 0 Å². The van der Waals surface area contributed by atoms with Crippen LogP contribution in [0.1, 0.15) is 44.6 Å². The zero-order valence-electron chi connectivity index (χ0n) is 9.80. The van der Waals surface area contributed by atoms with Crippen molar-refractivity contribution >= 4 is 5.82 Å². The van der Waals surface area contributed by atoms with E-state index in [0.717, 1.165) is 30.3 Å². The fourth-order valence-corrected chi connectivity index (χ4v) is 1.59. The minimum Gasteiger partial charge on any atom is -0.370 e. The summed E-state index contributed by atoms with van der Waals surface area (Å²) in [6.45, 7) is 7.41. The molecule has 82 valence electrons. The Bertz CT molecular complexity index is 356. The summed E-state index contributed by atoms with van der Waals surface area (Å²) in [4.78, 5) is 9.11. The van der Waals surface area contributed by atoms with E-state index >= 15 is 0 Å². The summed E-state index contributed by atoms with van der Waals surface area (Å²) >= 11 is 0. The molecule has 0 aromatic carbocycles. The predicted octanol–water partition coefficient (Wildman–Crippen LogP) is 2.66. The van der Waals surface area contributed by atoms with E-state index in [0.29, 0.717) is 0 Å². The van der Waals surface area contributed by atoms with Crippen molar-refractivity contribution in [2.75, 3.05) is 11.9 Å². The second-order valence-electron chi connectivity index (χ2n) is 4.71. The molecule has 15 heavy (non-hydrogen) atoms. The van der Waals surface area contributed by atoms with Crippen molar-refractivity contribution in [1.82, 2.24) is 9.97 Å². The highest BCUT2D eigenvalue weighted by molar-refractivity contribution is 5.37. The second-order valence-corrected chi connectivity index (χ2v) is 4.71. The SMILES string of the molecule is CCCNc1cc(C)nc(C2(C)CC2)n1. The van der Waals surface area contributed by atoms with E-state index in [4.69, 9.17) is 0 Å². The molecule has 3 nitrogen and oxygen atoms in total. The van der Waals surface area contributed by atoms with Crippen LogP contribution in [0.5, 0.6) is 0 Å². The third-order valence-corrected chi connectivity index (χ3v) is 2.95. The maximum atomic E-state index is 4.58. The van der Waals surface area contributed by atoms with E-state index < -0.39 is 0 Å². The van der Waals surface area contributed by atoms with E-state index in [1.165, 1.54) is 12.8 Å². The summed E-state index contributed by atoms with van der Waals surface area (Å²) < 4.78 is 0. The zero-order valence-corrected chi connectivity index (χ0v) is 9.80. The first-order valence-corrected chi connectivity index (χ1v) is 5.74. The lowest BCUT2D eigenvalue weighted by atomic mass is 10.1. The van der Waals surface area contributed by atoms with Crippen LogP contribution in [0.3, 0.4) is 0 Å². The lowest BCUT2D eigenvalue weighted by Crippen LogP contribution is -2.11. The normalized spacial score (nSPS) is 17.5. The second kappa shape index (κ2) is 3.80. The maximum absolute atomic E-state index is 4.58. The first kappa shape index (κ1) is 10.4. The Morgan fingerprint density at radius 1 is 1.40 bits per heavy atom. The smallest absolute Gasteiger partial charge is 0.136 e. The van der Waals surface area contributed by atoms with Crippen LogP contribution >= 0.6 is 0 Å². The largest absolute Gasteiger partial charge is 0.370 e. The standard InChI is InChI=1S/C12H19N3/c1-4-7-13-10-8-9(2)14-11(15-10)12(3)5-6-12/h8H,4-7H2,1-3H3,(H,13,14,15). The van der Waals surface area contributed by atoms with Crippen molar-refractivity contribution in [1.29, 1.82) is 0 Å². The number of hydrogen-bond acceptors (Lipinski definition) is 3. The Morgan fingerprint density at radius 2 is 2.13 bits per heavy atom. The van der Waals surface area contributed by atoms with Crippen molar-refractivity contribution in [3.63, 3.8) is 0 Å². The molecule has 0 spiro atoms. The zero-order chi connectivity index (χ0) is 10.9.